The van der Waals surface area contributed by atoms with Gasteiger partial charge in [-0.1, -0.05) is 0 Å². The van der Waals surface area contributed by atoms with Crippen molar-refractivity contribution in [3.8, 4) is 0 Å². The van der Waals surface area contributed by atoms with Crippen molar-refractivity contribution in [2.24, 2.45) is 0 Å². The highest BCUT2D eigenvalue weighted by Gasteiger charge is 2.11. The number of nitrogens with zero attached hydrogens (tertiary/aromatic N) is 2. The predicted molar refractivity (Wildman–Crippen MR) is 49.9 cm³/mol. The van der Waals surface area contributed by atoms with Crippen LogP contribution in [0.5, 0.6) is 0 Å². The summed E-state index contributed by atoms with van der Waals surface area (Å²) in [7, 11) is 1.87. The van der Waals surface area contributed by atoms with Crippen LogP contribution in [0.4, 0.5) is 0 Å². The number of hydrogen-bond acceptors (Lipinski definition) is 1. The molecule has 67 valence electrons. The molecule has 0 aliphatic carbocycles. The van der Waals surface area contributed by atoms with Crippen molar-refractivity contribution in [3.05, 3.63) is 0 Å². The van der Waals surface area contributed by atoms with Crippen molar-refractivity contribution in [1.82, 2.24) is 10.2 Å². The third kappa shape index (κ3) is 4.38. The first-order chi connectivity index (χ1) is 5.09. The molecule has 0 N–H and O–H groups in total. The smallest absolute Gasteiger partial charge is 0.0258 e. The predicted octanol–water partition coefficient (Wildman–Crippen LogP) is 1.34. The maximum absolute atomic E-state index is 4.10. The first-order valence-electron chi connectivity index (χ1n) is 4.41. The highest BCUT2D eigenvalue weighted by molar-refractivity contribution is 4.67. The van der Waals surface area contributed by atoms with E-state index in [2.05, 4.69) is 37.9 Å². The van der Waals surface area contributed by atoms with Crippen molar-refractivity contribution < 1.29 is 0 Å². The number of hydrogen-bond donors (Lipinski definition) is 0. The van der Waals surface area contributed by atoms with E-state index in [4.69, 9.17) is 0 Å². The highest BCUT2D eigenvalue weighted by Crippen LogP contribution is 2.02. The van der Waals surface area contributed by atoms with E-state index < -0.39 is 0 Å². The zero-order valence-electron chi connectivity index (χ0n) is 8.46. The van der Waals surface area contributed by atoms with Crippen LogP contribution >= 0.6 is 0 Å². The molecule has 0 aromatic rings. The minimum atomic E-state index is 0.636. The normalized spacial score (nSPS) is 12.0. The summed E-state index contributed by atoms with van der Waals surface area (Å²) in [6.45, 7) is 11.0. The fourth-order valence-electron chi connectivity index (χ4n) is 1.33. The van der Waals surface area contributed by atoms with Gasteiger partial charge in [0.1, 0.15) is 0 Å². The van der Waals surface area contributed by atoms with Gasteiger partial charge in [0.2, 0.25) is 0 Å². The molecule has 0 saturated carbocycles. The number of rotatable bonds is 5. The minimum Gasteiger partial charge on any atom is -0.297 e. The minimum absolute atomic E-state index is 0.636. The van der Waals surface area contributed by atoms with Gasteiger partial charge < -0.3 is 0 Å². The van der Waals surface area contributed by atoms with Gasteiger partial charge in [0, 0.05) is 32.2 Å². The standard InChI is InChI=1S/C9H21N2/c1-8(2)11(9(3)4)7-6-10-5/h8-9H,6-7H2,1-5H3. The summed E-state index contributed by atoms with van der Waals surface area (Å²) in [6.07, 6.45) is 0. The van der Waals surface area contributed by atoms with Gasteiger partial charge in [-0.05, 0) is 27.7 Å². The van der Waals surface area contributed by atoms with Gasteiger partial charge in [-0.15, -0.1) is 0 Å². The summed E-state index contributed by atoms with van der Waals surface area (Å²) in [5.74, 6) is 0. The molecule has 0 aromatic heterocycles. The Morgan fingerprint density at radius 1 is 1.09 bits per heavy atom. The van der Waals surface area contributed by atoms with Crippen LogP contribution in [0.25, 0.3) is 0 Å². The topological polar surface area (TPSA) is 17.3 Å². The molecule has 0 bridgehead atoms. The molecule has 0 aliphatic rings. The molecule has 1 radical (unpaired) electrons. The third-order valence-electron chi connectivity index (χ3n) is 1.91. The molecule has 0 aliphatic heterocycles. The molecule has 0 spiro atoms. The van der Waals surface area contributed by atoms with Gasteiger partial charge in [-0.2, -0.15) is 0 Å². The summed E-state index contributed by atoms with van der Waals surface area (Å²) in [4.78, 5) is 2.45. The molecule has 0 saturated heterocycles. The maximum atomic E-state index is 4.10. The first-order valence-corrected chi connectivity index (χ1v) is 4.41. The van der Waals surface area contributed by atoms with Crippen molar-refractivity contribution in [2.45, 2.75) is 39.8 Å². The Morgan fingerprint density at radius 2 is 1.55 bits per heavy atom. The van der Waals surface area contributed by atoms with Gasteiger partial charge in [0.05, 0.1) is 0 Å². The summed E-state index contributed by atoms with van der Waals surface area (Å²) in [5, 5.41) is 4.10. The molecule has 0 rings (SSSR count). The van der Waals surface area contributed by atoms with Crippen molar-refractivity contribution in [3.63, 3.8) is 0 Å². The van der Waals surface area contributed by atoms with E-state index in [1.54, 1.807) is 0 Å². The fourth-order valence-corrected chi connectivity index (χ4v) is 1.33. The molecular formula is C9H21N2. The average molecular weight is 157 g/mol. The van der Waals surface area contributed by atoms with E-state index in [1.165, 1.54) is 0 Å². The van der Waals surface area contributed by atoms with Crippen molar-refractivity contribution >= 4 is 0 Å². The summed E-state index contributed by atoms with van der Waals surface area (Å²) in [5.41, 5.74) is 0. The zero-order chi connectivity index (χ0) is 8.85. The first kappa shape index (κ1) is 10.9. The van der Waals surface area contributed by atoms with Gasteiger partial charge in [0.25, 0.3) is 0 Å². The SMILES string of the molecule is C[N]CCN(C(C)C)C(C)C. The van der Waals surface area contributed by atoms with E-state index >= 15 is 0 Å². The van der Waals surface area contributed by atoms with Gasteiger partial charge in [0.15, 0.2) is 0 Å². The Balaban J connectivity index is 3.70. The van der Waals surface area contributed by atoms with E-state index in [0.29, 0.717) is 12.1 Å². The molecule has 11 heavy (non-hydrogen) atoms. The third-order valence-corrected chi connectivity index (χ3v) is 1.91. The van der Waals surface area contributed by atoms with Crippen molar-refractivity contribution in [1.29, 1.82) is 0 Å². The Morgan fingerprint density at radius 3 is 1.82 bits per heavy atom. The summed E-state index contributed by atoms with van der Waals surface area (Å²) >= 11 is 0. The van der Waals surface area contributed by atoms with Crippen LogP contribution in [-0.2, 0) is 0 Å². The molecule has 2 heteroatoms. The second-order valence-corrected chi connectivity index (χ2v) is 3.47. The van der Waals surface area contributed by atoms with Crippen LogP contribution in [0.3, 0.4) is 0 Å². The lowest BCUT2D eigenvalue weighted by atomic mass is 10.2. The van der Waals surface area contributed by atoms with Gasteiger partial charge in [-0.3, -0.25) is 4.90 Å². The van der Waals surface area contributed by atoms with Crippen LogP contribution in [0, 0.1) is 0 Å². The number of likely N-dealkylation sites (N-methyl/N-ethyl adjacent to an activating group) is 1. The monoisotopic (exact) mass is 157 g/mol. The quantitative estimate of drug-likeness (QED) is 0.588. The molecule has 0 heterocycles. The van der Waals surface area contributed by atoms with Crippen LogP contribution in [-0.4, -0.2) is 37.1 Å². The Kier molecular flexibility index (Phi) is 5.51. The van der Waals surface area contributed by atoms with E-state index in [-0.39, 0.29) is 0 Å². The molecular weight excluding hydrogens is 136 g/mol. The molecule has 2 nitrogen and oxygen atoms in total. The highest BCUT2D eigenvalue weighted by atomic mass is 15.2. The molecule has 0 unspecified atom stereocenters. The molecule has 0 fully saturated rings. The van der Waals surface area contributed by atoms with Crippen LogP contribution in [0.1, 0.15) is 27.7 Å². The lowest BCUT2D eigenvalue weighted by molar-refractivity contribution is 0.177. The summed E-state index contributed by atoms with van der Waals surface area (Å²) in [6, 6.07) is 1.27. The summed E-state index contributed by atoms with van der Waals surface area (Å²) < 4.78 is 0. The lowest BCUT2D eigenvalue weighted by Crippen LogP contribution is -2.40. The fraction of sp³-hybridized carbons (Fsp3) is 1.00. The lowest BCUT2D eigenvalue weighted by Gasteiger charge is -2.29. The maximum Gasteiger partial charge on any atom is 0.0258 e. The second-order valence-electron chi connectivity index (χ2n) is 3.47. The van der Waals surface area contributed by atoms with Crippen LogP contribution < -0.4 is 5.32 Å². The van der Waals surface area contributed by atoms with Crippen LogP contribution in [0.2, 0.25) is 0 Å². The van der Waals surface area contributed by atoms with E-state index in [9.17, 15) is 0 Å². The largest absolute Gasteiger partial charge is 0.297 e. The Labute approximate surface area is 71.0 Å². The second kappa shape index (κ2) is 5.56. The van der Waals surface area contributed by atoms with Crippen molar-refractivity contribution in [2.75, 3.05) is 20.1 Å². The molecule has 0 aromatic carbocycles. The Bertz CT molecular complexity index is 81.6. The Hall–Kier alpha value is -0.0800. The average Bonchev–Trinajstić information content (AvgIpc) is 1.87. The van der Waals surface area contributed by atoms with Crippen LogP contribution in [0.15, 0.2) is 0 Å². The molecule has 0 atom stereocenters. The van der Waals surface area contributed by atoms with E-state index in [1.807, 2.05) is 7.05 Å². The van der Waals surface area contributed by atoms with Gasteiger partial charge >= 0.3 is 0 Å². The van der Waals surface area contributed by atoms with Gasteiger partial charge in [-0.25, -0.2) is 5.32 Å². The molecule has 0 amide bonds. The zero-order valence-corrected chi connectivity index (χ0v) is 8.46. The van der Waals surface area contributed by atoms with E-state index in [0.717, 1.165) is 13.1 Å².